The van der Waals surface area contributed by atoms with Gasteiger partial charge in [0.05, 0.1) is 24.8 Å². The van der Waals surface area contributed by atoms with Crippen LogP contribution < -0.4 is 10.3 Å². The van der Waals surface area contributed by atoms with Crippen molar-refractivity contribution in [2.45, 2.75) is 31.9 Å². The van der Waals surface area contributed by atoms with E-state index < -0.39 is 0 Å². The molecule has 2 aromatic heterocycles. The lowest BCUT2D eigenvalue weighted by Crippen LogP contribution is -2.56. The van der Waals surface area contributed by atoms with Crippen LogP contribution in [0, 0.1) is 6.92 Å². The first-order chi connectivity index (χ1) is 13.1. The molecule has 0 spiro atoms. The van der Waals surface area contributed by atoms with Gasteiger partial charge >= 0.3 is 0 Å². The van der Waals surface area contributed by atoms with Crippen molar-refractivity contribution in [1.29, 1.82) is 0 Å². The van der Waals surface area contributed by atoms with Gasteiger partial charge in [0.2, 0.25) is 0 Å². The number of amides is 1. The Morgan fingerprint density at radius 3 is 2.67 bits per heavy atom. The fourth-order valence-corrected chi connectivity index (χ4v) is 4.04. The Morgan fingerprint density at radius 1 is 1.15 bits per heavy atom. The quantitative estimate of drug-likeness (QED) is 0.692. The van der Waals surface area contributed by atoms with Crippen LogP contribution in [0.4, 0.5) is 0 Å². The van der Waals surface area contributed by atoms with Gasteiger partial charge in [0.1, 0.15) is 22.9 Å². The second kappa shape index (κ2) is 6.16. The number of carbonyl (C=O) groups is 1. The van der Waals surface area contributed by atoms with Gasteiger partial charge in [-0.2, -0.15) is 8.75 Å². The lowest BCUT2D eigenvalue weighted by Gasteiger charge is -2.39. The molecule has 1 amide bonds. The monoisotopic (exact) mass is 382 g/mol. The molecule has 1 saturated carbocycles. The highest BCUT2D eigenvalue weighted by molar-refractivity contribution is 7.00. The van der Waals surface area contributed by atoms with Crippen molar-refractivity contribution in [3.8, 4) is 5.75 Å². The Bertz CT molecular complexity index is 1100. The molecule has 1 aliphatic heterocycles. The molecular weight excluding hydrogens is 364 g/mol. The summed E-state index contributed by atoms with van der Waals surface area (Å²) in [6.07, 6.45) is 2.06. The molecule has 0 N–H and O–H groups in total. The lowest BCUT2D eigenvalue weighted by molar-refractivity contribution is 0.0176. The molecule has 27 heavy (non-hydrogen) atoms. The summed E-state index contributed by atoms with van der Waals surface area (Å²) < 4.78 is 16.1. The van der Waals surface area contributed by atoms with Crippen LogP contribution in [0.5, 0.6) is 5.75 Å². The molecule has 8 heteroatoms. The van der Waals surface area contributed by atoms with E-state index in [1.165, 1.54) is 0 Å². The Labute approximate surface area is 159 Å². The summed E-state index contributed by atoms with van der Waals surface area (Å²) in [5.41, 5.74) is 3.07. The van der Waals surface area contributed by atoms with Crippen molar-refractivity contribution in [2.24, 2.45) is 0 Å². The van der Waals surface area contributed by atoms with Crippen LogP contribution in [0.3, 0.4) is 0 Å². The number of hydrogen-bond donors (Lipinski definition) is 0. The first kappa shape index (κ1) is 16.4. The van der Waals surface area contributed by atoms with Crippen LogP contribution in [-0.4, -0.2) is 43.3 Å². The van der Waals surface area contributed by atoms with Crippen LogP contribution in [0.15, 0.2) is 35.1 Å². The Morgan fingerprint density at radius 2 is 1.93 bits per heavy atom. The maximum atomic E-state index is 12.6. The van der Waals surface area contributed by atoms with E-state index >= 15 is 0 Å². The van der Waals surface area contributed by atoms with Crippen LogP contribution >= 0.6 is 11.7 Å². The Balaban J connectivity index is 1.24. The fraction of sp³-hybridized carbons (Fsp3) is 0.368. The fourth-order valence-electron chi connectivity index (χ4n) is 3.52. The zero-order valence-corrected chi connectivity index (χ0v) is 15.6. The highest BCUT2D eigenvalue weighted by Gasteiger charge is 2.33. The predicted molar refractivity (Wildman–Crippen MR) is 101 cm³/mol. The summed E-state index contributed by atoms with van der Waals surface area (Å²) in [5.74, 6) is 0.548. The van der Waals surface area contributed by atoms with Crippen molar-refractivity contribution in [1.82, 2.24) is 18.2 Å². The van der Waals surface area contributed by atoms with Crippen molar-refractivity contribution in [2.75, 3.05) is 13.1 Å². The topological polar surface area (TPSA) is 77.3 Å². The van der Waals surface area contributed by atoms with Crippen LogP contribution in [-0.2, 0) is 0 Å². The van der Waals surface area contributed by atoms with Gasteiger partial charge in [-0.3, -0.25) is 9.59 Å². The van der Waals surface area contributed by atoms with Gasteiger partial charge in [-0.1, -0.05) is 0 Å². The number of ether oxygens (including phenoxy) is 1. The first-order valence-corrected chi connectivity index (χ1v) is 9.73. The molecule has 1 saturated heterocycles. The molecule has 2 fully saturated rings. The molecule has 3 aromatic rings. The van der Waals surface area contributed by atoms with E-state index in [-0.39, 0.29) is 17.6 Å². The molecule has 5 rings (SSSR count). The average Bonchev–Trinajstić information content (AvgIpc) is 3.31. The van der Waals surface area contributed by atoms with Gasteiger partial charge in [-0.05, 0) is 44.0 Å². The number of hydrogen-bond acceptors (Lipinski definition) is 6. The summed E-state index contributed by atoms with van der Waals surface area (Å²) in [7, 11) is 0. The third-order valence-corrected chi connectivity index (χ3v) is 5.64. The van der Waals surface area contributed by atoms with E-state index in [9.17, 15) is 9.59 Å². The zero-order valence-electron chi connectivity index (χ0n) is 14.8. The van der Waals surface area contributed by atoms with Crippen molar-refractivity contribution < 1.29 is 9.53 Å². The van der Waals surface area contributed by atoms with E-state index in [0.29, 0.717) is 30.4 Å². The van der Waals surface area contributed by atoms with Crippen molar-refractivity contribution in [3.05, 3.63) is 51.9 Å². The summed E-state index contributed by atoms with van der Waals surface area (Å²) in [6.45, 7) is 2.96. The molecule has 0 bridgehead atoms. The van der Waals surface area contributed by atoms with E-state index in [1.807, 2.05) is 23.6 Å². The van der Waals surface area contributed by atoms with Gasteiger partial charge in [-0.15, -0.1) is 0 Å². The minimum absolute atomic E-state index is 0.00932. The summed E-state index contributed by atoms with van der Waals surface area (Å²) in [6, 6.07) is 9.19. The molecule has 2 aliphatic rings. The van der Waals surface area contributed by atoms with Gasteiger partial charge in [0, 0.05) is 23.4 Å². The van der Waals surface area contributed by atoms with Crippen molar-refractivity contribution in [3.63, 3.8) is 0 Å². The van der Waals surface area contributed by atoms with E-state index in [4.69, 9.17) is 4.74 Å². The number of likely N-dealkylation sites (tertiary alicyclic amines) is 1. The SMILES string of the molecule is Cc1cc(OC2CN(C(=O)c3ccc4nsnc4c3)C2)cc(=O)n1C1CC1. The third-order valence-electron chi connectivity index (χ3n) is 5.09. The number of aromatic nitrogens is 3. The summed E-state index contributed by atoms with van der Waals surface area (Å²) >= 11 is 1.14. The maximum Gasteiger partial charge on any atom is 0.254 e. The van der Waals surface area contributed by atoms with Gasteiger partial charge in [0.25, 0.3) is 11.5 Å². The number of pyridine rings is 1. The van der Waals surface area contributed by atoms with E-state index in [0.717, 1.165) is 41.3 Å². The van der Waals surface area contributed by atoms with Gasteiger partial charge < -0.3 is 14.2 Å². The molecule has 1 aromatic carbocycles. The van der Waals surface area contributed by atoms with Gasteiger partial charge in [0.15, 0.2) is 0 Å². The summed E-state index contributed by atoms with van der Waals surface area (Å²) in [4.78, 5) is 26.6. The number of rotatable bonds is 4. The molecule has 1 aliphatic carbocycles. The molecule has 3 heterocycles. The Hall–Kier alpha value is -2.74. The number of nitrogens with zero attached hydrogens (tertiary/aromatic N) is 4. The second-order valence-electron chi connectivity index (χ2n) is 7.19. The highest BCUT2D eigenvalue weighted by Crippen LogP contribution is 2.35. The highest BCUT2D eigenvalue weighted by atomic mass is 32.1. The van der Waals surface area contributed by atoms with Crippen LogP contribution in [0.25, 0.3) is 11.0 Å². The minimum Gasteiger partial charge on any atom is -0.486 e. The molecule has 138 valence electrons. The minimum atomic E-state index is -0.0887. The normalized spacial score (nSPS) is 17.1. The maximum absolute atomic E-state index is 12.6. The smallest absolute Gasteiger partial charge is 0.254 e. The molecular formula is C19H18N4O3S. The predicted octanol–water partition coefficient (Wildman–Crippen LogP) is 2.40. The van der Waals surface area contributed by atoms with Gasteiger partial charge in [-0.25, -0.2) is 0 Å². The summed E-state index contributed by atoms with van der Waals surface area (Å²) in [5, 5.41) is 0. The molecule has 0 unspecified atom stereocenters. The van der Waals surface area contributed by atoms with Crippen LogP contribution in [0.1, 0.15) is 34.9 Å². The number of aryl methyl sites for hydroxylation is 1. The largest absolute Gasteiger partial charge is 0.486 e. The third kappa shape index (κ3) is 2.99. The zero-order chi connectivity index (χ0) is 18.5. The first-order valence-electron chi connectivity index (χ1n) is 9.00. The Kier molecular flexibility index (Phi) is 3.75. The van der Waals surface area contributed by atoms with E-state index in [2.05, 4.69) is 8.75 Å². The van der Waals surface area contributed by atoms with E-state index in [1.54, 1.807) is 23.1 Å². The molecule has 7 nitrogen and oxygen atoms in total. The van der Waals surface area contributed by atoms with Crippen LogP contribution in [0.2, 0.25) is 0 Å². The molecule has 0 radical (unpaired) electrons. The molecule has 0 atom stereocenters. The number of fused-ring (bicyclic) bond motifs is 1. The van der Waals surface area contributed by atoms with Crippen molar-refractivity contribution >= 4 is 28.7 Å². The number of benzene rings is 1. The average molecular weight is 382 g/mol. The number of carbonyl (C=O) groups excluding carboxylic acids is 1. The standard InChI is InChI=1S/C19H18N4O3S/c1-11-6-14(8-18(24)23(11)13-3-4-13)26-15-9-22(10-15)19(25)12-2-5-16-17(7-12)21-27-20-16/h2,5-8,13,15H,3-4,9-10H2,1H3. The second-order valence-corrected chi connectivity index (χ2v) is 7.72. The lowest BCUT2D eigenvalue weighted by atomic mass is 10.1.